The number of ketones is 1. The number of aromatic nitrogens is 1. The number of amides is 1. The summed E-state index contributed by atoms with van der Waals surface area (Å²) in [5, 5.41) is 2.68. The number of nitrogens with one attached hydrogen (secondary N) is 2. The van der Waals surface area contributed by atoms with Gasteiger partial charge in [0.05, 0.1) is 11.3 Å². The lowest BCUT2D eigenvalue weighted by Crippen LogP contribution is -2.13. The quantitative estimate of drug-likeness (QED) is 0.566. The highest BCUT2D eigenvalue weighted by Crippen LogP contribution is 2.27. The third-order valence-electron chi connectivity index (χ3n) is 5.03. The third kappa shape index (κ3) is 5.16. The maximum atomic E-state index is 12.7. The van der Waals surface area contributed by atoms with Gasteiger partial charge in [0.25, 0.3) is 10.0 Å². The summed E-state index contributed by atoms with van der Waals surface area (Å²) in [6.45, 7) is 0. The van der Waals surface area contributed by atoms with Gasteiger partial charge in [-0.2, -0.15) is 0 Å². The molecule has 3 aromatic rings. The molecule has 1 amide bonds. The van der Waals surface area contributed by atoms with E-state index in [4.69, 9.17) is 0 Å². The summed E-state index contributed by atoms with van der Waals surface area (Å²) in [6.07, 6.45) is 4.98. The molecule has 2 heterocycles. The van der Waals surface area contributed by atoms with Crippen molar-refractivity contribution in [2.75, 3.05) is 10.0 Å². The van der Waals surface area contributed by atoms with Crippen LogP contribution in [0.4, 0.5) is 11.4 Å². The van der Waals surface area contributed by atoms with Crippen molar-refractivity contribution in [3.63, 3.8) is 0 Å². The number of nitrogens with zero attached hydrogens (tertiary/aromatic N) is 1. The summed E-state index contributed by atoms with van der Waals surface area (Å²) in [7, 11) is -3.79. The minimum Gasteiger partial charge on any atom is -0.326 e. The molecule has 0 saturated carbocycles. The molecular formula is C23H21N3O4S. The number of Topliss-reactive ketones (excluding diaryl/α,β-unsaturated/α-hetero) is 1. The Labute approximate surface area is 180 Å². The van der Waals surface area contributed by atoms with Gasteiger partial charge < -0.3 is 5.32 Å². The van der Waals surface area contributed by atoms with Crippen LogP contribution in [0.5, 0.6) is 0 Å². The largest absolute Gasteiger partial charge is 0.326 e. The molecule has 158 valence electrons. The molecule has 0 fully saturated rings. The van der Waals surface area contributed by atoms with Gasteiger partial charge in [-0.1, -0.05) is 18.2 Å². The van der Waals surface area contributed by atoms with Gasteiger partial charge in [0.15, 0.2) is 0 Å². The van der Waals surface area contributed by atoms with E-state index in [1.165, 1.54) is 12.1 Å². The highest BCUT2D eigenvalue weighted by Gasteiger charge is 2.22. The van der Waals surface area contributed by atoms with E-state index in [1.807, 2.05) is 12.1 Å². The monoisotopic (exact) mass is 435 g/mol. The van der Waals surface area contributed by atoms with Crippen molar-refractivity contribution < 1.29 is 18.0 Å². The van der Waals surface area contributed by atoms with Crippen LogP contribution >= 0.6 is 0 Å². The fourth-order valence-corrected chi connectivity index (χ4v) is 4.53. The van der Waals surface area contributed by atoms with Crippen LogP contribution < -0.4 is 10.0 Å². The lowest BCUT2D eigenvalue weighted by molar-refractivity contribution is -0.118. The van der Waals surface area contributed by atoms with E-state index in [1.54, 1.807) is 42.7 Å². The Morgan fingerprint density at radius 1 is 1.06 bits per heavy atom. The molecule has 2 aromatic carbocycles. The first-order chi connectivity index (χ1) is 14.9. The van der Waals surface area contributed by atoms with E-state index in [9.17, 15) is 18.0 Å². The Kier molecular flexibility index (Phi) is 5.81. The van der Waals surface area contributed by atoms with Crippen molar-refractivity contribution in [1.29, 1.82) is 0 Å². The first-order valence-electron chi connectivity index (χ1n) is 9.84. The average Bonchev–Trinajstić information content (AvgIpc) is 3.13. The van der Waals surface area contributed by atoms with Crippen LogP contribution in [0.15, 0.2) is 71.9 Å². The number of aryl methyl sites for hydroxylation is 1. The number of pyridine rings is 1. The molecule has 1 aliphatic rings. The van der Waals surface area contributed by atoms with E-state index in [0.717, 1.165) is 11.1 Å². The maximum absolute atomic E-state index is 12.7. The number of rotatable bonds is 8. The molecular weight excluding hydrogens is 414 g/mol. The lowest BCUT2D eigenvalue weighted by Gasteiger charge is -2.10. The van der Waals surface area contributed by atoms with Crippen molar-refractivity contribution in [3.05, 3.63) is 83.7 Å². The minimum atomic E-state index is -3.79. The molecule has 0 bridgehead atoms. The molecule has 7 nitrogen and oxygen atoms in total. The average molecular weight is 436 g/mol. The predicted octanol–water partition coefficient (Wildman–Crippen LogP) is 3.12. The third-order valence-corrected chi connectivity index (χ3v) is 6.41. The van der Waals surface area contributed by atoms with Gasteiger partial charge in [0.2, 0.25) is 5.91 Å². The number of hydrogen-bond acceptors (Lipinski definition) is 5. The van der Waals surface area contributed by atoms with Crippen molar-refractivity contribution in [1.82, 2.24) is 4.98 Å². The van der Waals surface area contributed by atoms with Crippen LogP contribution in [-0.4, -0.2) is 25.1 Å². The van der Waals surface area contributed by atoms with Crippen molar-refractivity contribution in [2.24, 2.45) is 0 Å². The van der Waals surface area contributed by atoms with Crippen molar-refractivity contribution in [2.45, 2.75) is 30.6 Å². The van der Waals surface area contributed by atoms with Crippen LogP contribution in [0.25, 0.3) is 0 Å². The first kappa shape index (κ1) is 20.7. The summed E-state index contributed by atoms with van der Waals surface area (Å²) < 4.78 is 27.9. The second-order valence-corrected chi connectivity index (χ2v) is 9.11. The molecule has 1 aliphatic heterocycles. The molecule has 31 heavy (non-hydrogen) atoms. The smallest absolute Gasteiger partial charge is 0.261 e. The first-order valence-corrected chi connectivity index (χ1v) is 11.3. The van der Waals surface area contributed by atoms with E-state index >= 15 is 0 Å². The molecule has 0 radical (unpaired) electrons. The maximum Gasteiger partial charge on any atom is 0.261 e. The Morgan fingerprint density at radius 3 is 2.61 bits per heavy atom. The summed E-state index contributed by atoms with van der Waals surface area (Å²) in [5.41, 5.74) is 3.55. The molecule has 8 heteroatoms. The van der Waals surface area contributed by atoms with Crippen LogP contribution in [-0.2, 0) is 38.9 Å². The lowest BCUT2D eigenvalue weighted by atomic mass is 10.0. The predicted molar refractivity (Wildman–Crippen MR) is 117 cm³/mol. The van der Waals surface area contributed by atoms with E-state index < -0.39 is 10.0 Å². The normalized spacial score (nSPS) is 12.8. The van der Waals surface area contributed by atoms with Gasteiger partial charge in [-0.25, -0.2) is 8.42 Å². The van der Waals surface area contributed by atoms with Gasteiger partial charge in [0, 0.05) is 36.6 Å². The van der Waals surface area contributed by atoms with Crippen LogP contribution in [0, 0.1) is 0 Å². The zero-order valence-electron chi connectivity index (χ0n) is 16.7. The van der Waals surface area contributed by atoms with Gasteiger partial charge in [0.1, 0.15) is 5.78 Å². The number of hydrogen-bond donors (Lipinski definition) is 2. The highest BCUT2D eigenvalue weighted by atomic mass is 32.2. The number of fused-ring (bicyclic) bond motifs is 1. The standard InChI is InChI=1S/C23H21N3O4S/c27-20(8-5-17-2-1-11-24-15-17)12-16-3-6-19(7-4-16)26-31(29,30)21-9-10-22-18(13-21)14-23(28)25-22/h1-4,6-7,9-11,13,15,26H,5,8,12,14H2,(H,25,28). The van der Waals surface area contributed by atoms with Gasteiger partial charge >= 0.3 is 0 Å². The molecule has 0 atom stereocenters. The van der Waals surface area contributed by atoms with E-state index in [0.29, 0.717) is 36.2 Å². The SMILES string of the molecule is O=C(CCc1cccnc1)Cc1ccc(NS(=O)(=O)c2ccc3c(c2)CC(=O)N3)cc1. The summed E-state index contributed by atoms with van der Waals surface area (Å²) in [4.78, 5) is 27.8. The summed E-state index contributed by atoms with van der Waals surface area (Å²) in [5.74, 6) is -0.0402. The molecule has 0 saturated heterocycles. The molecule has 4 rings (SSSR count). The Morgan fingerprint density at radius 2 is 1.87 bits per heavy atom. The topological polar surface area (TPSA) is 105 Å². The molecule has 0 aliphatic carbocycles. The summed E-state index contributed by atoms with van der Waals surface area (Å²) >= 11 is 0. The Hall–Kier alpha value is -3.52. The van der Waals surface area contributed by atoms with Crippen LogP contribution in [0.1, 0.15) is 23.1 Å². The zero-order valence-corrected chi connectivity index (χ0v) is 17.5. The second-order valence-electron chi connectivity index (χ2n) is 7.42. The van der Waals surface area contributed by atoms with Crippen molar-refractivity contribution in [3.8, 4) is 0 Å². The fraction of sp³-hybridized carbons (Fsp3) is 0.174. The molecule has 2 N–H and O–H groups in total. The number of benzene rings is 2. The van der Waals surface area contributed by atoms with Gasteiger partial charge in [-0.05, 0) is 59.5 Å². The van der Waals surface area contributed by atoms with Crippen molar-refractivity contribution >= 4 is 33.1 Å². The van der Waals surface area contributed by atoms with E-state index in [-0.39, 0.29) is 23.0 Å². The highest BCUT2D eigenvalue weighted by molar-refractivity contribution is 7.92. The zero-order chi connectivity index (χ0) is 21.8. The summed E-state index contributed by atoms with van der Waals surface area (Å²) in [6, 6.07) is 15.1. The number of sulfonamides is 1. The van der Waals surface area contributed by atoms with E-state index in [2.05, 4.69) is 15.0 Å². The second kappa shape index (κ2) is 8.69. The number of carbonyl (C=O) groups is 2. The molecule has 1 aromatic heterocycles. The Balaban J connectivity index is 1.36. The Bertz CT molecular complexity index is 1220. The number of anilines is 2. The molecule has 0 spiro atoms. The van der Waals surface area contributed by atoms with Gasteiger partial charge in [-0.3, -0.25) is 19.3 Å². The van der Waals surface area contributed by atoms with Gasteiger partial charge in [-0.15, -0.1) is 0 Å². The molecule has 0 unspecified atom stereocenters. The fourth-order valence-electron chi connectivity index (χ4n) is 3.42. The number of carbonyl (C=O) groups excluding carboxylic acids is 2. The van der Waals surface area contributed by atoms with Crippen LogP contribution in [0.3, 0.4) is 0 Å². The minimum absolute atomic E-state index is 0.0948. The van der Waals surface area contributed by atoms with Crippen LogP contribution in [0.2, 0.25) is 0 Å².